The molecule has 0 saturated heterocycles. The average Bonchev–Trinajstić information content (AvgIpc) is 3.38. The summed E-state index contributed by atoms with van der Waals surface area (Å²) >= 11 is 6.12. The van der Waals surface area contributed by atoms with Crippen molar-refractivity contribution in [3.05, 3.63) is 32.8 Å². The van der Waals surface area contributed by atoms with Gasteiger partial charge in [0.05, 0.1) is 0 Å². The van der Waals surface area contributed by atoms with Gasteiger partial charge in [-0.1, -0.05) is 52.4 Å². The van der Waals surface area contributed by atoms with Gasteiger partial charge in [-0.25, -0.2) is 0 Å². The Hall–Kier alpha value is -0.900. The van der Waals surface area contributed by atoms with E-state index in [-0.39, 0.29) is 0 Å². The molecule has 28 heavy (non-hydrogen) atoms. The van der Waals surface area contributed by atoms with Gasteiger partial charge < -0.3 is 0 Å². The van der Waals surface area contributed by atoms with Crippen molar-refractivity contribution in [2.75, 3.05) is 0 Å². The van der Waals surface area contributed by atoms with Crippen molar-refractivity contribution in [3.63, 3.8) is 0 Å². The maximum atomic E-state index is 2.53. The van der Waals surface area contributed by atoms with Crippen LogP contribution in [0.4, 0.5) is 0 Å². The van der Waals surface area contributed by atoms with Crippen LogP contribution in [0.2, 0.25) is 0 Å². The van der Waals surface area contributed by atoms with E-state index in [1.165, 1.54) is 94.6 Å². The Morgan fingerprint density at radius 3 is 1.54 bits per heavy atom. The smallest absolute Gasteiger partial charge is 0.0447 e. The Balaban J connectivity index is 1.72. The van der Waals surface area contributed by atoms with Crippen LogP contribution in [0.25, 0.3) is 30.3 Å². The molecule has 0 unspecified atom stereocenters. The van der Waals surface area contributed by atoms with Gasteiger partial charge in [-0.2, -0.15) is 0 Å². The largest absolute Gasteiger partial charge is 0.140 e. The summed E-state index contributed by atoms with van der Waals surface area (Å²) in [5.41, 5.74) is 0. The molecule has 0 aliphatic rings. The molecule has 0 N–H and O–H groups in total. The van der Waals surface area contributed by atoms with Crippen molar-refractivity contribution in [1.29, 1.82) is 0 Å². The molecule has 1 aromatic carbocycles. The van der Waals surface area contributed by atoms with E-state index in [1.54, 1.807) is 14.5 Å². The molecule has 0 radical (unpaired) electrons. The summed E-state index contributed by atoms with van der Waals surface area (Å²) < 4.78 is 4.61. The van der Waals surface area contributed by atoms with Gasteiger partial charge in [0, 0.05) is 44.9 Å². The fraction of sp³-hybridized carbons (Fsp3) is 0.520. The second kappa shape index (κ2) is 9.28. The molecule has 0 amide bonds. The van der Waals surface area contributed by atoms with Crippen LogP contribution in [-0.2, 0) is 12.8 Å². The lowest BCUT2D eigenvalue weighted by molar-refractivity contribution is 0.670. The fourth-order valence-corrected chi connectivity index (χ4v) is 7.89. The normalized spacial score (nSPS) is 12.1. The number of fused-ring (bicyclic) bond motifs is 6. The van der Waals surface area contributed by atoms with Gasteiger partial charge in [0.25, 0.3) is 0 Å². The number of hydrogen-bond acceptors (Lipinski definition) is 3. The Labute approximate surface area is 181 Å². The molecule has 4 aromatic rings. The molecule has 3 aromatic heterocycles. The minimum absolute atomic E-state index is 1.25. The zero-order chi connectivity index (χ0) is 19.5. The molecule has 3 heteroatoms. The molecule has 0 fully saturated rings. The molecule has 0 spiro atoms. The first-order chi connectivity index (χ1) is 13.7. The minimum atomic E-state index is 1.25. The van der Waals surface area contributed by atoms with E-state index in [0.29, 0.717) is 0 Å². The molecular weight excluding hydrogens is 396 g/mol. The lowest BCUT2D eigenvalue weighted by atomic mass is 10.1. The highest BCUT2D eigenvalue weighted by Crippen LogP contribution is 2.46. The van der Waals surface area contributed by atoms with Crippen LogP contribution in [0.1, 0.15) is 79.8 Å². The minimum Gasteiger partial charge on any atom is -0.140 e. The Morgan fingerprint density at radius 2 is 1.04 bits per heavy atom. The predicted octanol–water partition coefficient (Wildman–Crippen LogP) is 9.88. The Kier molecular flexibility index (Phi) is 6.75. The summed E-state index contributed by atoms with van der Waals surface area (Å²) in [5, 5.41) is 4.55. The van der Waals surface area contributed by atoms with Gasteiger partial charge in [0.1, 0.15) is 0 Å². The van der Waals surface area contributed by atoms with E-state index in [4.69, 9.17) is 0 Å². The summed E-state index contributed by atoms with van der Waals surface area (Å²) in [6, 6.07) is 7.47. The third kappa shape index (κ3) is 4.17. The second-order valence-electron chi connectivity index (χ2n) is 8.13. The van der Waals surface area contributed by atoms with Crippen LogP contribution in [0.15, 0.2) is 18.2 Å². The zero-order valence-electron chi connectivity index (χ0n) is 17.5. The summed E-state index contributed by atoms with van der Waals surface area (Å²) in [6.45, 7) is 6.85. The van der Waals surface area contributed by atoms with Gasteiger partial charge >= 0.3 is 0 Å². The van der Waals surface area contributed by atoms with E-state index in [1.807, 2.05) is 11.3 Å². The van der Waals surface area contributed by atoms with Crippen LogP contribution >= 0.6 is 34.0 Å². The monoisotopic (exact) mass is 428 g/mol. The lowest BCUT2D eigenvalue weighted by Crippen LogP contribution is -1.80. The van der Waals surface area contributed by atoms with E-state index >= 15 is 0 Å². The van der Waals surface area contributed by atoms with Crippen molar-refractivity contribution in [3.8, 4) is 0 Å². The summed E-state index contributed by atoms with van der Waals surface area (Å²) in [6.07, 6.45) is 13.3. The highest BCUT2D eigenvalue weighted by Gasteiger charge is 2.16. The fourth-order valence-electron chi connectivity index (χ4n) is 4.20. The number of benzene rings is 1. The molecule has 0 nitrogen and oxygen atoms in total. The highest BCUT2D eigenvalue weighted by molar-refractivity contribution is 7.26. The first-order valence-corrected chi connectivity index (χ1v) is 13.5. The average molecular weight is 429 g/mol. The SMILES string of the molecule is CCCCCCc1cc2c(s1)c1cc(C)sc1c1cc(CCCCCC)sc12. The topological polar surface area (TPSA) is 0 Å². The van der Waals surface area contributed by atoms with Crippen molar-refractivity contribution in [1.82, 2.24) is 0 Å². The third-order valence-corrected chi connectivity index (χ3v) is 9.25. The second-order valence-corrected chi connectivity index (χ2v) is 11.7. The van der Waals surface area contributed by atoms with Crippen molar-refractivity contribution in [2.45, 2.75) is 85.0 Å². The number of aryl methyl sites for hydroxylation is 3. The Morgan fingerprint density at radius 1 is 0.571 bits per heavy atom. The summed E-state index contributed by atoms with van der Waals surface area (Å²) in [4.78, 5) is 4.61. The van der Waals surface area contributed by atoms with E-state index < -0.39 is 0 Å². The molecule has 0 aliphatic carbocycles. The van der Waals surface area contributed by atoms with Crippen LogP contribution in [-0.4, -0.2) is 0 Å². The Bertz CT molecular complexity index is 977. The van der Waals surface area contributed by atoms with Crippen molar-refractivity contribution in [2.24, 2.45) is 0 Å². The first kappa shape index (κ1) is 20.4. The number of rotatable bonds is 10. The third-order valence-electron chi connectivity index (χ3n) is 5.71. The van der Waals surface area contributed by atoms with Gasteiger partial charge in [0.2, 0.25) is 0 Å². The predicted molar refractivity (Wildman–Crippen MR) is 133 cm³/mol. The standard InChI is InChI=1S/C25H32S3/c1-4-6-8-10-12-18-15-21-23-20(14-17(3)26-23)24-22(25(21)28-18)16-19(27-24)13-11-9-7-5-2/h14-16H,4-13H2,1-3H3. The van der Waals surface area contributed by atoms with Gasteiger partial charge in [0.15, 0.2) is 0 Å². The van der Waals surface area contributed by atoms with Crippen LogP contribution < -0.4 is 0 Å². The van der Waals surface area contributed by atoms with E-state index in [0.717, 1.165) is 0 Å². The molecule has 0 atom stereocenters. The maximum absolute atomic E-state index is 2.53. The van der Waals surface area contributed by atoms with E-state index in [2.05, 4.69) is 61.6 Å². The molecule has 0 saturated carbocycles. The highest BCUT2D eigenvalue weighted by atomic mass is 32.1. The van der Waals surface area contributed by atoms with Crippen molar-refractivity contribution < 1.29 is 0 Å². The molecule has 0 aliphatic heterocycles. The summed E-state index contributed by atoms with van der Waals surface area (Å²) in [7, 11) is 0. The van der Waals surface area contributed by atoms with Crippen molar-refractivity contribution >= 4 is 64.3 Å². The zero-order valence-corrected chi connectivity index (χ0v) is 20.0. The quantitative estimate of drug-likeness (QED) is 0.220. The van der Waals surface area contributed by atoms with Crippen LogP contribution in [0, 0.1) is 6.92 Å². The van der Waals surface area contributed by atoms with Gasteiger partial charge in [-0.15, -0.1) is 34.0 Å². The van der Waals surface area contributed by atoms with Gasteiger partial charge in [-0.05, 0) is 50.8 Å². The molecule has 3 heterocycles. The number of unbranched alkanes of at least 4 members (excludes halogenated alkanes) is 6. The van der Waals surface area contributed by atoms with Gasteiger partial charge in [-0.3, -0.25) is 0 Å². The lowest BCUT2D eigenvalue weighted by Gasteiger charge is -1.96. The number of thiophene rings is 3. The molecule has 0 bridgehead atoms. The van der Waals surface area contributed by atoms with Crippen LogP contribution in [0.3, 0.4) is 0 Å². The van der Waals surface area contributed by atoms with E-state index in [9.17, 15) is 0 Å². The molecule has 4 rings (SSSR count). The molecule has 150 valence electrons. The maximum Gasteiger partial charge on any atom is 0.0447 e. The summed E-state index contributed by atoms with van der Waals surface area (Å²) in [5.74, 6) is 0. The number of hydrogen-bond donors (Lipinski definition) is 0. The molecular formula is C25H32S3. The van der Waals surface area contributed by atoms with Crippen LogP contribution in [0.5, 0.6) is 0 Å². The first-order valence-electron chi connectivity index (χ1n) is 11.1.